The van der Waals surface area contributed by atoms with E-state index in [4.69, 9.17) is 17.0 Å². The van der Waals surface area contributed by atoms with Gasteiger partial charge in [-0.2, -0.15) is 0 Å². The van der Waals surface area contributed by atoms with Crippen molar-refractivity contribution in [1.29, 1.82) is 0 Å². The van der Waals surface area contributed by atoms with Crippen molar-refractivity contribution in [3.8, 4) is 0 Å². The van der Waals surface area contributed by atoms with Crippen LogP contribution in [0, 0.1) is 0 Å². The first-order valence-corrected chi connectivity index (χ1v) is 8.94. The predicted molar refractivity (Wildman–Crippen MR) is 104 cm³/mol. The fraction of sp³-hybridized carbons (Fsp3) is 0.350. The average Bonchev–Trinajstić information content (AvgIpc) is 2.64. The lowest BCUT2D eigenvalue weighted by Gasteiger charge is -2.22. The highest BCUT2D eigenvalue weighted by Crippen LogP contribution is 2.21. The Morgan fingerprint density at radius 1 is 0.958 bits per heavy atom. The average molecular weight is 343 g/mol. The van der Waals surface area contributed by atoms with Crippen molar-refractivity contribution in [2.45, 2.75) is 25.8 Å². The Labute approximate surface area is 150 Å². The second kappa shape index (κ2) is 10.8. The van der Waals surface area contributed by atoms with Gasteiger partial charge in [-0.3, -0.25) is 0 Å². The van der Waals surface area contributed by atoms with Gasteiger partial charge in [0.25, 0.3) is 0 Å². The van der Waals surface area contributed by atoms with E-state index in [1.807, 2.05) is 12.1 Å². The minimum absolute atomic E-state index is 0.0451. The van der Waals surface area contributed by atoms with Crippen molar-refractivity contribution in [2.24, 2.45) is 0 Å². The second-order valence-electron chi connectivity index (χ2n) is 5.62. The Morgan fingerprint density at radius 3 is 2.08 bits per heavy atom. The summed E-state index contributed by atoms with van der Waals surface area (Å²) in [6.45, 7) is 4.52. The van der Waals surface area contributed by atoms with E-state index in [0.717, 1.165) is 32.6 Å². The smallest absolute Gasteiger partial charge is 0.167 e. The summed E-state index contributed by atoms with van der Waals surface area (Å²) in [6, 6.07) is 20.8. The minimum atomic E-state index is 0.0451. The van der Waals surface area contributed by atoms with E-state index in [9.17, 15) is 0 Å². The first kappa shape index (κ1) is 18.4. The lowest BCUT2D eigenvalue weighted by molar-refractivity contribution is 0.133. The van der Waals surface area contributed by atoms with Crippen molar-refractivity contribution >= 4 is 17.3 Å². The summed E-state index contributed by atoms with van der Waals surface area (Å²) < 4.78 is 5.48. The molecular formula is C20H26N2OS. The number of benzene rings is 2. The second-order valence-corrected chi connectivity index (χ2v) is 6.03. The largest absolute Gasteiger partial charge is 0.381 e. The topological polar surface area (TPSA) is 33.3 Å². The first-order valence-electron chi connectivity index (χ1n) is 8.53. The van der Waals surface area contributed by atoms with Crippen molar-refractivity contribution < 1.29 is 4.74 Å². The van der Waals surface area contributed by atoms with Crippen LogP contribution in [0.2, 0.25) is 0 Å². The van der Waals surface area contributed by atoms with Gasteiger partial charge in [-0.1, -0.05) is 67.6 Å². The van der Waals surface area contributed by atoms with Crippen molar-refractivity contribution in [3.05, 3.63) is 71.8 Å². The molecule has 0 bridgehead atoms. The number of hydrogen-bond donors (Lipinski definition) is 2. The molecule has 0 saturated carbocycles. The molecule has 0 atom stereocenters. The maximum atomic E-state index is 5.48. The van der Waals surface area contributed by atoms with Gasteiger partial charge in [-0.25, -0.2) is 0 Å². The molecule has 0 aliphatic rings. The number of rotatable bonds is 9. The zero-order valence-electron chi connectivity index (χ0n) is 14.2. The molecule has 128 valence electrons. The fourth-order valence-electron chi connectivity index (χ4n) is 2.45. The van der Waals surface area contributed by atoms with Crippen LogP contribution < -0.4 is 10.6 Å². The molecular weight excluding hydrogens is 316 g/mol. The minimum Gasteiger partial charge on any atom is -0.381 e. The summed E-state index contributed by atoms with van der Waals surface area (Å²) in [7, 11) is 0. The molecule has 0 aliphatic heterocycles. The van der Waals surface area contributed by atoms with Gasteiger partial charge < -0.3 is 15.4 Å². The van der Waals surface area contributed by atoms with E-state index in [-0.39, 0.29) is 6.04 Å². The van der Waals surface area contributed by atoms with Crippen LogP contribution in [0.25, 0.3) is 0 Å². The number of ether oxygens (including phenoxy) is 1. The summed E-state index contributed by atoms with van der Waals surface area (Å²) in [5, 5.41) is 7.37. The van der Waals surface area contributed by atoms with Gasteiger partial charge in [-0.05, 0) is 36.2 Å². The van der Waals surface area contributed by atoms with E-state index >= 15 is 0 Å². The lowest BCUT2D eigenvalue weighted by atomic mass is 9.99. The third-order valence-corrected chi connectivity index (χ3v) is 3.90. The molecule has 0 radical (unpaired) electrons. The van der Waals surface area contributed by atoms with Gasteiger partial charge in [0, 0.05) is 19.8 Å². The van der Waals surface area contributed by atoms with E-state index < -0.39 is 0 Å². The monoisotopic (exact) mass is 342 g/mol. The van der Waals surface area contributed by atoms with E-state index in [2.05, 4.69) is 66.1 Å². The maximum absolute atomic E-state index is 5.48. The van der Waals surface area contributed by atoms with Crippen molar-refractivity contribution in [2.75, 3.05) is 19.8 Å². The Morgan fingerprint density at radius 2 is 1.54 bits per heavy atom. The molecule has 0 heterocycles. The van der Waals surface area contributed by atoms with Crippen LogP contribution in [0.3, 0.4) is 0 Å². The van der Waals surface area contributed by atoms with Crippen LogP contribution in [-0.2, 0) is 4.74 Å². The molecule has 2 aromatic rings. The summed E-state index contributed by atoms with van der Waals surface area (Å²) in [4.78, 5) is 0. The standard InChI is InChI=1S/C20H26N2OS/c1-2-15-23-16-9-14-21-20(24)22-19(17-10-5-3-6-11-17)18-12-7-4-8-13-18/h3-8,10-13,19H,2,9,14-16H2,1H3,(H2,21,22,24). The number of nitrogens with one attached hydrogen (secondary N) is 2. The summed E-state index contributed by atoms with van der Waals surface area (Å²) in [6.07, 6.45) is 2.01. The number of thiocarbonyl (C=S) groups is 1. The van der Waals surface area contributed by atoms with Crippen LogP contribution in [0.4, 0.5) is 0 Å². The lowest BCUT2D eigenvalue weighted by Crippen LogP contribution is -2.38. The van der Waals surface area contributed by atoms with Gasteiger partial charge >= 0.3 is 0 Å². The predicted octanol–water partition coefficient (Wildman–Crippen LogP) is 4.06. The quantitative estimate of drug-likeness (QED) is 0.532. The Balaban J connectivity index is 1.90. The van der Waals surface area contributed by atoms with E-state index in [0.29, 0.717) is 5.11 Å². The zero-order valence-corrected chi connectivity index (χ0v) is 15.0. The van der Waals surface area contributed by atoms with E-state index in [1.165, 1.54) is 11.1 Å². The molecule has 0 fully saturated rings. The van der Waals surface area contributed by atoms with E-state index in [1.54, 1.807) is 0 Å². The van der Waals surface area contributed by atoms with Gasteiger partial charge in [0.1, 0.15) is 0 Å². The van der Waals surface area contributed by atoms with Gasteiger partial charge in [0.2, 0.25) is 0 Å². The molecule has 0 saturated heterocycles. The third-order valence-electron chi connectivity index (χ3n) is 3.64. The van der Waals surface area contributed by atoms with Crippen molar-refractivity contribution in [3.63, 3.8) is 0 Å². The molecule has 3 nitrogen and oxygen atoms in total. The molecule has 0 aliphatic carbocycles. The zero-order chi connectivity index (χ0) is 17.0. The Bertz CT molecular complexity index is 550. The fourth-order valence-corrected chi connectivity index (χ4v) is 2.67. The SMILES string of the molecule is CCCOCCCNC(=S)NC(c1ccccc1)c1ccccc1. The van der Waals surface area contributed by atoms with Crippen LogP contribution in [-0.4, -0.2) is 24.9 Å². The molecule has 24 heavy (non-hydrogen) atoms. The van der Waals surface area contributed by atoms with Gasteiger partial charge in [0.05, 0.1) is 6.04 Å². The number of hydrogen-bond acceptors (Lipinski definition) is 2. The normalized spacial score (nSPS) is 10.6. The highest BCUT2D eigenvalue weighted by atomic mass is 32.1. The van der Waals surface area contributed by atoms with Crippen LogP contribution >= 0.6 is 12.2 Å². The molecule has 2 N–H and O–H groups in total. The summed E-state index contributed by atoms with van der Waals surface area (Å²) >= 11 is 5.47. The molecule has 0 amide bonds. The highest BCUT2D eigenvalue weighted by Gasteiger charge is 2.14. The van der Waals surface area contributed by atoms with Gasteiger partial charge in [0.15, 0.2) is 5.11 Å². The third kappa shape index (κ3) is 6.30. The summed E-state index contributed by atoms with van der Waals surface area (Å²) in [5.41, 5.74) is 2.39. The van der Waals surface area contributed by atoms with Crippen LogP contribution in [0.1, 0.15) is 36.9 Å². The molecule has 4 heteroatoms. The Hall–Kier alpha value is -1.91. The van der Waals surface area contributed by atoms with Gasteiger partial charge in [-0.15, -0.1) is 0 Å². The summed E-state index contributed by atoms with van der Waals surface area (Å²) in [5.74, 6) is 0. The Kier molecular flexibility index (Phi) is 8.28. The first-order chi connectivity index (χ1) is 11.8. The van der Waals surface area contributed by atoms with Crippen molar-refractivity contribution in [1.82, 2.24) is 10.6 Å². The highest BCUT2D eigenvalue weighted by molar-refractivity contribution is 7.80. The molecule has 2 rings (SSSR count). The molecule has 0 spiro atoms. The van der Waals surface area contributed by atoms with Crippen LogP contribution in [0.5, 0.6) is 0 Å². The molecule has 0 aromatic heterocycles. The van der Waals surface area contributed by atoms with Crippen LogP contribution in [0.15, 0.2) is 60.7 Å². The molecule has 0 unspecified atom stereocenters. The maximum Gasteiger partial charge on any atom is 0.167 e. The molecule has 2 aromatic carbocycles.